The van der Waals surface area contributed by atoms with E-state index in [2.05, 4.69) is 21.2 Å². The number of sulfonamides is 1. The van der Waals surface area contributed by atoms with Gasteiger partial charge in [-0.05, 0) is 28.4 Å². The second-order valence-electron chi connectivity index (χ2n) is 4.53. The number of benzene rings is 1. The molecule has 0 saturated carbocycles. The van der Waals surface area contributed by atoms with Gasteiger partial charge >= 0.3 is 0 Å². The third kappa shape index (κ3) is 2.95. The van der Waals surface area contributed by atoms with Crippen molar-refractivity contribution < 1.29 is 22.0 Å². The maximum atomic E-state index is 13.9. The summed E-state index contributed by atoms with van der Waals surface area (Å²) in [6.07, 6.45) is 0.255. The van der Waals surface area contributed by atoms with Crippen molar-refractivity contribution in [1.29, 1.82) is 0 Å². The van der Waals surface area contributed by atoms with Gasteiger partial charge in [0.2, 0.25) is 15.9 Å². The summed E-state index contributed by atoms with van der Waals surface area (Å²) in [6.45, 7) is 1.85. The van der Waals surface area contributed by atoms with Crippen molar-refractivity contribution in [3.05, 3.63) is 28.2 Å². The summed E-state index contributed by atoms with van der Waals surface area (Å²) in [5, 5.41) is 2.56. The molecule has 1 aliphatic heterocycles. The smallest absolute Gasteiger partial charge is 0.247 e. The van der Waals surface area contributed by atoms with Crippen LogP contribution in [0, 0.1) is 11.6 Å². The second-order valence-corrected chi connectivity index (χ2v) is 7.21. The number of amides is 1. The van der Waals surface area contributed by atoms with E-state index in [1.807, 2.05) is 0 Å². The van der Waals surface area contributed by atoms with E-state index in [0.717, 1.165) is 10.4 Å². The number of carbonyl (C=O) groups is 1. The Labute approximate surface area is 129 Å². The van der Waals surface area contributed by atoms with Gasteiger partial charge in [0, 0.05) is 23.6 Å². The highest BCUT2D eigenvalue weighted by atomic mass is 79.9. The molecule has 1 fully saturated rings. The fourth-order valence-electron chi connectivity index (χ4n) is 2.26. The van der Waals surface area contributed by atoms with Gasteiger partial charge in [0.25, 0.3) is 0 Å². The highest BCUT2D eigenvalue weighted by Gasteiger charge is 2.39. The van der Waals surface area contributed by atoms with Crippen molar-refractivity contribution in [2.75, 3.05) is 13.1 Å². The van der Waals surface area contributed by atoms with Crippen LogP contribution < -0.4 is 5.32 Å². The van der Waals surface area contributed by atoms with E-state index in [1.165, 1.54) is 0 Å². The first kappa shape index (κ1) is 16.3. The Morgan fingerprint density at radius 2 is 2.10 bits per heavy atom. The summed E-state index contributed by atoms with van der Waals surface area (Å²) in [5.41, 5.74) is 0. The number of rotatable bonds is 3. The maximum absolute atomic E-state index is 13.9. The average Bonchev–Trinajstić information content (AvgIpc) is 2.36. The third-order valence-corrected chi connectivity index (χ3v) is 6.07. The molecule has 1 amide bonds. The minimum atomic E-state index is -4.25. The molecule has 0 bridgehead atoms. The standard InChI is InChI=1S/C12H13BrF2N2O3S/c1-2-10-12(18)16-3-4-17(10)21(19,20)11-8(13)5-7(14)6-9(11)15/h5-6,10H,2-4H2,1H3,(H,16,18). The van der Waals surface area contributed by atoms with E-state index in [1.54, 1.807) is 6.92 Å². The van der Waals surface area contributed by atoms with Crippen LogP contribution in [-0.2, 0) is 14.8 Å². The second kappa shape index (κ2) is 5.98. The van der Waals surface area contributed by atoms with Crippen molar-refractivity contribution in [2.45, 2.75) is 24.3 Å². The number of hydrogen-bond acceptors (Lipinski definition) is 3. The molecule has 0 aromatic heterocycles. The predicted molar refractivity (Wildman–Crippen MR) is 75.0 cm³/mol. The fraction of sp³-hybridized carbons (Fsp3) is 0.417. The molecule has 0 aliphatic carbocycles. The van der Waals surface area contributed by atoms with Gasteiger partial charge in [-0.3, -0.25) is 4.79 Å². The fourth-order valence-corrected chi connectivity index (χ4v) is 5.04. The van der Waals surface area contributed by atoms with E-state index in [9.17, 15) is 22.0 Å². The molecular weight excluding hydrogens is 370 g/mol. The van der Waals surface area contributed by atoms with Gasteiger partial charge in [0.05, 0.1) is 0 Å². The first-order chi connectivity index (χ1) is 9.78. The molecule has 0 spiro atoms. The topological polar surface area (TPSA) is 66.5 Å². The van der Waals surface area contributed by atoms with Crippen molar-refractivity contribution in [1.82, 2.24) is 9.62 Å². The number of hydrogen-bond donors (Lipinski definition) is 1. The molecule has 9 heteroatoms. The Morgan fingerprint density at radius 3 is 2.67 bits per heavy atom. The van der Waals surface area contributed by atoms with Crippen LogP contribution in [0.2, 0.25) is 0 Å². The lowest BCUT2D eigenvalue weighted by molar-refractivity contribution is -0.126. The van der Waals surface area contributed by atoms with E-state index < -0.39 is 38.5 Å². The van der Waals surface area contributed by atoms with Crippen LogP contribution >= 0.6 is 15.9 Å². The molecule has 1 atom stereocenters. The molecule has 5 nitrogen and oxygen atoms in total. The van der Waals surface area contributed by atoms with Crippen molar-refractivity contribution in [3.63, 3.8) is 0 Å². The highest BCUT2D eigenvalue weighted by molar-refractivity contribution is 9.10. The SMILES string of the molecule is CCC1C(=O)NCCN1S(=O)(=O)c1c(F)cc(F)cc1Br. The summed E-state index contributed by atoms with van der Waals surface area (Å²) in [6, 6.07) is 0.476. The third-order valence-electron chi connectivity index (χ3n) is 3.20. The summed E-state index contributed by atoms with van der Waals surface area (Å²) >= 11 is 2.87. The van der Waals surface area contributed by atoms with Gasteiger partial charge < -0.3 is 5.32 Å². The molecule has 1 unspecified atom stereocenters. The minimum Gasteiger partial charge on any atom is -0.353 e. The van der Waals surface area contributed by atoms with Crippen molar-refractivity contribution >= 4 is 31.9 Å². The zero-order valence-corrected chi connectivity index (χ0v) is 13.5. The van der Waals surface area contributed by atoms with Crippen LogP contribution in [0.3, 0.4) is 0 Å². The van der Waals surface area contributed by atoms with Crippen molar-refractivity contribution in [3.8, 4) is 0 Å². The zero-order chi connectivity index (χ0) is 15.8. The quantitative estimate of drug-likeness (QED) is 0.863. The lowest BCUT2D eigenvalue weighted by Crippen LogP contribution is -2.56. The van der Waals surface area contributed by atoms with Crippen molar-refractivity contribution in [2.24, 2.45) is 0 Å². The number of carbonyl (C=O) groups excluding carboxylic acids is 1. The van der Waals surface area contributed by atoms with Gasteiger partial charge in [-0.1, -0.05) is 6.92 Å². The van der Waals surface area contributed by atoms with E-state index in [4.69, 9.17) is 0 Å². The number of piperazine rings is 1. The molecule has 1 N–H and O–H groups in total. The molecule has 1 aromatic rings. The summed E-state index contributed by atoms with van der Waals surface area (Å²) < 4.78 is 53.0. The summed E-state index contributed by atoms with van der Waals surface area (Å²) in [7, 11) is -4.25. The Hall–Kier alpha value is -1.06. The van der Waals surface area contributed by atoms with Gasteiger partial charge in [-0.2, -0.15) is 4.31 Å². The van der Waals surface area contributed by atoms with Crippen LogP contribution in [-0.4, -0.2) is 37.8 Å². The maximum Gasteiger partial charge on any atom is 0.247 e. The highest BCUT2D eigenvalue weighted by Crippen LogP contribution is 2.30. The van der Waals surface area contributed by atoms with Crippen LogP contribution in [0.5, 0.6) is 0 Å². The molecule has 1 saturated heterocycles. The largest absolute Gasteiger partial charge is 0.353 e. The lowest BCUT2D eigenvalue weighted by Gasteiger charge is -2.33. The van der Waals surface area contributed by atoms with Gasteiger partial charge in [-0.25, -0.2) is 17.2 Å². The molecular formula is C12H13BrF2N2O3S. The Kier molecular flexibility index (Phi) is 4.64. The lowest BCUT2D eigenvalue weighted by atomic mass is 10.2. The number of halogens is 3. The van der Waals surface area contributed by atoms with Gasteiger partial charge in [0.1, 0.15) is 22.6 Å². The summed E-state index contributed by atoms with van der Waals surface area (Å²) in [5.74, 6) is -2.50. The Morgan fingerprint density at radius 1 is 1.43 bits per heavy atom. The number of nitrogens with zero attached hydrogens (tertiary/aromatic N) is 1. The molecule has 2 rings (SSSR count). The Bertz CT molecular complexity index is 658. The monoisotopic (exact) mass is 382 g/mol. The van der Waals surface area contributed by atoms with E-state index in [0.29, 0.717) is 6.07 Å². The van der Waals surface area contributed by atoms with Gasteiger partial charge in [0.15, 0.2) is 0 Å². The molecule has 1 aromatic carbocycles. The first-order valence-electron chi connectivity index (χ1n) is 6.23. The minimum absolute atomic E-state index is 0.0375. The van der Waals surface area contributed by atoms with Crippen LogP contribution in [0.25, 0.3) is 0 Å². The number of nitrogens with one attached hydrogen (secondary N) is 1. The van der Waals surface area contributed by atoms with Crippen LogP contribution in [0.1, 0.15) is 13.3 Å². The predicted octanol–water partition coefficient (Wildman–Crippen LogP) is 1.63. The average molecular weight is 383 g/mol. The zero-order valence-electron chi connectivity index (χ0n) is 11.1. The molecule has 21 heavy (non-hydrogen) atoms. The van der Waals surface area contributed by atoms with E-state index in [-0.39, 0.29) is 24.0 Å². The first-order valence-corrected chi connectivity index (χ1v) is 8.46. The molecule has 1 aliphatic rings. The normalized spacial score (nSPS) is 20.4. The van der Waals surface area contributed by atoms with E-state index >= 15 is 0 Å². The summed E-state index contributed by atoms with van der Waals surface area (Å²) in [4.78, 5) is 11.1. The van der Waals surface area contributed by atoms with Crippen LogP contribution in [0.15, 0.2) is 21.5 Å². The molecule has 1 heterocycles. The van der Waals surface area contributed by atoms with Gasteiger partial charge in [-0.15, -0.1) is 0 Å². The Balaban J connectivity index is 2.54. The molecule has 116 valence electrons. The molecule has 0 radical (unpaired) electrons. The van der Waals surface area contributed by atoms with Crippen LogP contribution in [0.4, 0.5) is 8.78 Å².